The predicted octanol–water partition coefficient (Wildman–Crippen LogP) is 4.62. The van der Waals surface area contributed by atoms with Crippen LogP contribution >= 0.6 is 22.9 Å². The third-order valence-corrected chi connectivity index (χ3v) is 6.06. The monoisotopic (exact) mass is 481 g/mol. The van der Waals surface area contributed by atoms with E-state index in [0.717, 1.165) is 0 Å². The van der Waals surface area contributed by atoms with Gasteiger partial charge in [0.1, 0.15) is 28.9 Å². The third-order valence-electron chi connectivity index (χ3n) is 4.79. The minimum atomic E-state index is -3.05. The van der Waals surface area contributed by atoms with Crippen LogP contribution in [0.4, 0.5) is 23.7 Å². The number of carbonyl (C=O) groups is 2. The Kier molecular flexibility index (Phi) is 6.66. The Labute approximate surface area is 191 Å². The number of hydrogen-bond donors (Lipinski definition) is 1. The summed E-state index contributed by atoms with van der Waals surface area (Å²) in [6.07, 6.45) is 5.56. The fourth-order valence-corrected chi connectivity index (χ4v) is 4.43. The summed E-state index contributed by atoms with van der Waals surface area (Å²) in [7, 11) is 0. The zero-order chi connectivity index (χ0) is 22.7. The van der Waals surface area contributed by atoms with Crippen LogP contribution in [0.15, 0.2) is 35.5 Å². The van der Waals surface area contributed by atoms with Gasteiger partial charge in [0.05, 0.1) is 0 Å². The van der Waals surface area contributed by atoms with E-state index in [1.807, 2.05) is 4.90 Å². The predicted molar refractivity (Wildman–Crippen MR) is 119 cm³/mol. The van der Waals surface area contributed by atoms with Gasteiger partial charge >= 0.3 is 12.6 Å². The number of thiazole rings is 1. The minimum Gasteiger partial charge on any atom is -0.434 e. The quantitative estimate of drug-likeness (QED) is 0.673. The fourth-order valence-electron chi connectivity index (χ4n) is 3.23. The molecule has 1 saturated heterocycles. The SMILES string of the molecule is O=C1CCN(c2nc(-c3cc(Cl)ccc3OC(F)F)c(NC(=O)N3C=CC=NC3)s2)CC1. The van der Waals surface area contributed by atoms with Crippen molar-refractivity contribution in [1.82, 2.24) is 9.88 Å². The lowest BCUT2D eigenvalue weighted by Gasteiger charge is -2.25. The molecule has 12 heteroatoms. The number of carbonyl (C=O) groups excluding carboxylic acids is 2. The maximum atomic E-state index is 13.0. The molecule has 2 aromatic rings. The summed E-state index contributed by atoms with van der Waals surface area (Å²) in [4.78, 5) is 36.3. The average molecular weight is 482 g/mol. The van der Waals surface area contributed by atoms with E-state index in [2.05, 4.69) is 20.0 Å². The van der Waals surface area contributed by atoms with Gasteiger partial charge in [-0.2, -0.15) is 8.78 Å². The molecule has 1 N–H and O–H groups in total. The number of Topliss-reactive ketones (excluding diaryl/α,β-unsaturated/α-hetero) is 1. The second-order valence-electron chi connectivity index (χ2n) is 6.93. The maximum Gasteiger partial charge on any atom is 0.387 e. The molecule has 0 spiro atoms. The number of ether oxygens (including phenoxy) is 1. The van der Waals surface area contributed by atoms with Gasteiger partial charge in [0.2, 0.25) is 0 Å². The topological polar surface area (TPSA) is 87.1 Å². The number of benzene rings is 1. The van der Waals surface area contributed by atoms with Gasteiger partial charge in [-0.1, -0.05) is 22.9 Å². The Balaban J connectivity index is 1.72. The van der Waals surface area contributed by atoms with Crippen molar-refractivity contribution in [1.29, 1.82) is 0 Å². The first-order valence-corrected chi connectivity index (χ1v) is 10.9. The molecule has 2 amide bonds. The van der Waals surface area contributed by atoms with Crippen LogP contribution in [-0.4, -0.2) is 54.3 Å². The molecule has 2 aliphatic rings. The summed E-state index contributed by atoms with van der Waals surface area (Å²) < 4.78 is 30.6. The van der Waals surface area contributed by atoms with Crippen LogP contribution in [0.2, 0.25) is 5.02 Å². The van der Waals surface area contributed by atoms with E-state index in [1.165, 1.54) is 34.4 Å². The number of alkyl halides is 2. The van der Waals surface area contributed by atoms with Crippen molar-refractivity contribution in [3.8, 4) is 17.0 Å². The minimum absolute atomic E-state index is 0.118. The summed E-state index contributed by atoms with van der Waals surface area (Å²) in [5, 5.41) is 3.97. The first-order chi connectivity index (χ1) is 15.4. The van der Waals surface area contributed by atoms with Crippen molar-refractivity contribution in [3.05, 3.63) is 35.5 Å². The number of piperidine rings is 1. The Morgan fingerprint density at radius 3 is 2.75 bits per heavy atom. The van der Waals surface area contributed by atoms with Gasteiger partial charge in [-0.3, -0.25) is 20.0 Å². The molecule has 1 aromatic heterocycles. The molecule has 2 aliphatic heterocycles. The number of rotatable bonds is 5. The van der Waals surface area contributed by atoms with Crippen LogP contribution in [0.25, 0.3) is 11.3 Å². The summed E-state index contributed by atoms with van der Waals surface area (Å²) in [5.41, 5.74) is 0.466. The summed E-state index contributed by atoms with van der Waals surface area (Å²) >= 11 is 7.30. The third kappa shape index (κ3) is 5.05. The molecule has 0 bridgehead atoms. The first-order valence-electron chi connectivity index (χ1n) is 9.67. The molecule has 0 aliphatic carbocycles. The molecule has 168 valence electrons. The van der Waals surface area contributed by atoms with Crippen molar-refractivity contribution >= 4 is 51.1 Å². The zero-order valence-electron chi connectivity index (χ0n) is 16.6. The number of nitrogens with one attached hydrogen (secondary N) is 1. The maximum absolute atomic E-state index is 13.0. The van der Waals surface area contributed by atoms with Crippen LogP contribution in [0, 0.1) is 0 Å². The van der Waals surface area contributed by atoms with Crippen LogP contribution in [0.5, 0.6) is 5.75 Å². The zero-order valence-corrected chi connectivity index (χ0v) is 18.2. The number of allylic oxidation sites excluding steroid dienone is 1. The lowest BCUT2D eigenvalue weighted by atomic mass is 10.1. The molecule has 0 atom stereocenters. The second kappa shape index (κ2) is 9.61. The lowest BCUT2D eigenvalue weighted by Crippen LogP contribution is -2.33. The van der Waals surface area contributed by atoms with Gasteiger partial charge in [-0.25, -0.2) is 9.78 Å². The van der Waals surface area contributed by atoms with Crippen molar-refractivity contribution in [3.63, 3.8) is 0 Å². The summed E-state index contributed by atoms with van der Waals surface area (Å²) in [5.74, 6) is 0.0551. The summed E-state index contributed by atoms with van der Waals surface area (Å²) in [6, 6.07) is 3.76. The molecule has 1 aromatic carbocycles. The van der Waals surface area contributed by atoms with Crippen LogP contribution < -0.4 is 15.0 Å². The van der Waals surface area contributed by atoms with Gasteiger partial charge in [0.25, 0.3) is 0 Å². The molecule has 32 heavy (non-hydrogen) atoms. The fraction of sp³-hybridized carbons (Fsp3) is 0.300. The van der Waals surface area contributed by atoms with E-state index >= 15 is 0 Å². The van der Waals surface area contributed by atoms with E-state index in [0.29, 0.717) is 41.1 Å². The molecular formula is C20H18ClF2N5O3S. The largest absolute Gasteiger partial charge is 0.434 e. The number of anilines is 2. The molecule has 0 saturated carbocycles. The second-order valence-corrected chi connectivity index (χ2v) is 8.35. The Bertz CT molecular complexity index is 1080. The molecular weight excluding hydrogens is 464 g/mol. The van der Waals surface area contributed by atoms with E-state index in [4.69, 9.17) is 11.6 Å². The number of urea groups is 1. The lowest BCUT2D eigenvalue weighted by molar-refractivity contribution is -0.119. The summed E-state index contributed by atoms with van der Waals surface area (Å²) in [6.45, 7) is -1.93. The first kappa shape index (κ1) is 22.2. The number of aromatic nitrogens is 1. The molecule has 8 nitrogen and oxygen atoms in total. The number of hydrogen-bond acceptors (Lipinski definition) is 7. The van der Waals surface area contributed by atoms with Crippen molar-refractivity contribution in [2.24, 2.45) is 4.99 Å². The number of amides is 2. The van der Waals surface area contributed by atoms with Crippen LogP contribution in [0.1, 0.15) is 12.8 Å². The highest BCUT2D eigenvalue weighted by Crippen LogP contribution is 2.43. The number of nitrogens with zero attached hydrogens (tertiary/aromatic N) is 4. The Morgan fingerprint density at radius 2 is 2.06 bits per heavy atom. The van der Waals surface area contributed by atoms with E-state index in [1.54, 1.807) is 18.5 Å². The molecule has 0 unspecified atom stereocenters. The standard InChI is InChI=1S/C20H18ClF2N5O3S/c21-12-2-3-15(31-18(22)23)14(10-12)16-17(26-19(30)28-7-1-6-24-11-28)32-20(25-16)27-8-4-13(29)5-9-27/h1-3,6-7,10,18H,4-5,8-9,11H2,(H,26,30). The number of aliphatic imine (C=N–C) groups is 1. The van der Waals surface area contributed by atoms with Gasteiger partial charge in [-0.15, -0.1) is 0 Å². The normalized spacial score (nSPS) is 16.1. The van der Waals surface area contributed by atoms with Gasteiger partial charge < -0.3 is 9.64 Å². The Hall–Kier alpha value is -3.05. The van der Waals surface area contributed by atoms with Crippen molar-refractivity contribution in [2.75, 3.05) is 30.0 Å². The molecule has 3 heterocycles. The van der Waals surface area contributed by atoms with E-state index in [9.17, 15) is 18.4 Å². The highest BCUT2D eigenvalue weighted by atomic mass is 35.5. The van der Waals surface area contributed by atoms with Gasteiger partial charge in [-0.05, 0) is 24.3 Å². The molecule has 0 radical (unpaired) electrons. The molecule has 1 fully saturated rings. The highest BCUT2D eigenvalue weighted by Gasteiger charge is 2.26. The smallest absolute Gasteiger partial charge is 0.387 e. The van der Waals surface area contributed by atoms with E-state index in [-0.39, 0.29) is 29.5 Å². The van der Waals surface area contributed by atoms with Crippen molar-refractivity contribution < 1.29 is 23.1 Å². The van der Waals surface area contributed by atoms with Gasteiger partial charge in [0.15, 0.2) is 5.13 Å². The highest BCUT2D eigenvalue weighted by molar-refractivity contribution is 7.20. The van der Waals surface area contributed by atoms with Crippen LogP contribution in [0.3, 0.4) is 0 Å². The average Bonchev–Trinajstić information content (AvgIpc) is 3.19. The van der Waals surface area contributed by atoms with E-state index < -0.39 is 12.6 Å². The van der Waals surface area contributed by atoms with Gasteiger partial charge in [0, 0.05) is 48.9 Å². The number of halogens is 3. The molecule has 4 rings (SSSR count). The Morgan fingerprint density at radius 1 is 1.28 bits per heavy atom. The number of ketones is 1. The van der Waals surface area contributed by atoms with Crippen LogP contribution in [-0.2, 0) is 4.79 Å². The van der Waals surface area contributed by atoms with Crippen molar-refractivity contribution in [2.45, 2.75) is 19.5 Å².